The average Bonchev–Trinajstić information content (AvgIpc) is 3.37. The highest BCUT2D eigenvalue weighted by Gasteiger charge is 2.40. The van der Waals surface area contributed by atoms with Crippen LogP contribution < -0.4 is 15.5 Å². The summed E-state index contributed by atoms with van der Waals surface area (Å²) in [4.78, 5) is 40.3. The van der Waals surface area contributed by atoms with Crippen LogP contribution in [0.2, 0.25) is 5.02 Å². The fraction of sp³-hybridized carbons (Fsp3) is 0.526. The van der Waals surface area contributed by atoms with Crippen LogP contribution in [0.4, 0.5) is 11.4 Å². The van der Waals surface area contributed by atoms with Crippen LogP contribution in [0.5, 0.6) is 0 Å². The minimum atomic E-state index is -0.401. The first-order valence-corrected chi connectivity index (χ1v) is 9.83. The van der Waals surface area contributed by atoms with Gasteiger partial charge in [0.05, 0.1) is 17.3 Å². The Morgan fingerprint density at radius 3 is 2.70 bits per heavy atom. The summed E-state index contributed by atoms with van der Waals surface area (Å²) in [6.07, 6.45) is 3.43. The molecule has 1 atom stereocenters. The predicted octanol–water partition coefficient (Wildman–Crippen LogP) is 1.62. The Morgan fingerprint density at radius 1 is 1.19 bits per heavy atom. The Balaban J connectivity index is 1.43. The second-order valence-corrected chi connectivity index (χ2v) is 7.80. The van der Waals surface area contributed by atoms with Crippen molar-refractivity contribution in [2.45, 2.75) is 31.7 Å². The van der Waals surface area contributed by atoms with E-state index in [4.69, 9.17) is 11.6 Å². The number of benzene rings is 1. The maximum atomic E-state index is 12.7. The first-order chi connectivity index (χ1) is 13.0. The molecule has 3 fully saturated rings. The van der Waals surface area contributed by atoms with Crippen molar-refractivity contribution in [1.82, 2.24) is 10.2 Å². The lowest BCUT2D eigenvalue weighted by atomic mass is 10.1. The van der Waals surface area contributed by atoms with Gasteiger partial charge in [-0.15, -0.1) is 0 Å². The summed E-state index contributed by atoms with van der Waals surface area (Å²) in [6, 6.07) is 4.90. The van der Waals surface area contributed by atoms with E-state index in [0.717, 1.165) is 24.9 Å². The summed E-state index contributed by atoms with van der Waals surface area (Å²) in [5.74, 6) is 0.0392. The number of nitrogens with zero attached hydrogens (tertiary/aromatic N) is 2. The zero-order valence-electron chi connectivity index (χ0n) is 15.0. The van der Waals surface area contributed by atoms with E-state index in [1.54, 1.807) is 17.0 Å². The van der Waals surface area contributed by atoms with Crippen molar-refractivity contribution >= 4 is 40.7 Å². The number of carbonyl (C=O) groups excluding carboxylic acids is 3. The first kappa shape index (κ1) is 18.1. The van der Waals surface area contributed by atoms with Gasteiger partial charge in [-0.25, -0.2) is 0 Å². The number of hydrogen-bond acceptors (Lipinski definition) is 4. The van der Waals surface area contributed by atoms with Crippen LogP contribution in [0.15, 0.2) is 18.2 Å². The van der Waals surface area contributed by atoms with Crippen LogP contribution in [-0.2, 0) is 14.4 Å². The SMILES string of the molecule is O=C1CN(c2ccc(NC(=O)C3CCCN3C(=O)C3CC3)cc2Cl)CCN1. The van der Waals surface area contributed by atoms with Crippen LogP contribution in [0, 0.1) is 5.92 Å². The number of carbonyl (C=O) groups is 3. The van der Waals surface area contributed by atoms with E-state index in [9.17, 15) is 14.4 Å². The molecule has 1 aliphatic carbocycles. The van der Waals surface area contributed by atoms with Crippen LogP contribution in [0.1, 0.15) is 25.7 Å². The molecular formula is C19H23ClN4O3. The predicted molar refractivity (Wildman–Crippen MR) is 103 cm³/mol. The van der Waals surface area contributed by atoms with E-state index in [2.05, 4.69) is 10.6 Å². The topological polar surface area (TPSA) is 81.8 Å². The lowest BCUT2D eigenvalue weighted by Crippen LogP contribution is -2.47. The molecule has 7 nitrogen and oxygen atoms in total. The normalized spacial score (nSPS) is 22.6. The van der Waals surface area contributed by atoms with Gasteiger partial charge in [-0.2, -0.15) is 0 Å². The quantitative estimate of drug-likeness (QED) is 0.818. The smallest absolute Gasteiger partial charge is 0.247 e. The highest BCUT2D eigenvalue weighted by atomic mass is 35.5. The zero-order chi connectivity index (χ0) is 19.0. The van der Waals surface area contributed by atoms with E-state index in [-0.39, 0.29) is 30.2 Å². The van der Waals surface area contributed by atoms with Crippen molar-refractivity contribution in [2.75, 3.05) is 36.4 Å². The molecule has 3 aliphatic rings. The minimum Gasteiger partial charge on any atom is -0.359 e. The molecule has 0 aromatic heterocycles. The summed E-state index contributed by atoms with van der Waals surface area (Å²) < 4.78 is 0. The lowest BCUT2D eigenvalue weighted by Gasteiger charge is -2.29. The van der Waals surface area contributed by atoms with Gasteiger partial charge in [0.25, 0.3) is 0 Å². The van der Waals surface area contributed by atoms with E-state index in [0.29, 0.717) is 36.8 Å². The Bertz CT molecular complexity index is 780. The Morgan fingerprint density at radius 2 is 2.00 bits per heavy atom. The molecule has 4 rings (SSSR count). The summed E-state index contributed by atoms with van der Waals surface area (Å²) in [5, 5.41) is 6.16. The Kier molecular flexibility index (Phi) is 4.95. The van der Waals surface area contributed by atoms with E-state index in [1.165, 1.54) is 0 Å². The maximum absolute atomic E-state index is 12.7. The van der Waals surface area contributed by atoms with Gasteiger partial charge in [-0.1, -0.05) is 11.6 Å². The molecule has 2 N–H and O–H groups in total. The number of piperazine rings is 1. The van der Waals surface area contributed by atoms with Gasteiger partial charge in [0.15, 0.2) is 0 Å². The van der Waals surface area contributed by atoms with Gasteiger partial charge in [-0.05, 0) is 43.9 Å². The Hall–Kier alpha value is -2.28. The van der Waals surface area contributed by atoms with Gasteiger partial charge in [-0.3, -0.25) is 14.4 Å². The standard InChI is InChI=1S/C19H23ClN4O3/c20-14-10-13(5-6-15(14)23-9-7-21-17(25)11-23)22-18(26)16-2-1-8-24(16)19(27)12-3-4-12/h5-6,10,12,16H,1-4,7-9,11H2,(H,21,25)(H,22,26). The van der Waals surface area contributed by atoms with E-state index < -0.39 is 6.04 Å². The monoisotopic (exact) mass is 390 g/mol. The van der Waals surface area contributed by atoms with Crippen molar-refractivity contribution in [3.8, 4) is 0 Å². The second-order valence-electron chi connectivity index (χ2n) is 7.39. The van der Waals surface area contributed by atoms with Crippen LogP contribution in [-0.4, -0.2) is 54.8 Å². The molecule has 2 aliphatic heterocycles. The van der Waals surface area contributed by atoms with Crippen molar-refractivity contribution in [2.24, 2.45) is 5.92 Å². The van der Waals surface area contributed by atoms with E-state index >= 15 is 0 Å². The van der Waals surface area contributed by atoms with Crippen LogP contribution >= 0.6 is 11.6 Å². The van der Waals surface area contributed by atoms with Crippen molar-refractivity contribution in [3.05, 3.63) is 23.2 Å². The number of anilines is 2. The first-order valence-electron chi connectivity index (χ1n) is 9.45. The number of rotatable bonds is 4. The molecule has 1 aromatic carbocycles. The summed E-state index contributed by atoms with van der Waals surface area (Å²) in [6.45, 7) is 2.20. The zero-order valence-corrected chi connectivity index (χ0v) is 15.8. The van der Waals surface area contributed by atoms with Gasteiger partial charge in [0.1, 0.15) is 6.04 Å². The molecule has 144 valence electrons. The molecule has 27 heavy (non-hydrogen) atoms. The molecule has 1 saturated carbocycles. The second kappa shape index (κ2) is 7.38. The average molecular weight is 391 g/mol. The molecule has 2 saturated heterocycles. The largest absolute Gasteiger partial charge is 0.359 e. The molecule has 2 heterocycles. The molecule has 0 radical (unpaired) electrons. The molecule has 0 bridgehead atoms. The number of hydrogen-bond donors (Lipinski definition) is 2. The lowest BCUT2D eigenvalue weighted by molar-refractivity contribution is -0.137. The molecule has 8 heteroatoms. The third kappa shape index (κ3) is 3.88. The highest BCUT2D eigenvalue weighted by Crippen LogP contribution is 2.34. The van der Waals surface area contributed by atoms with Gasteiger partial charge < -0.3 is 20.4 Å². The van der Waals surface area contributed by atoms with Gasteiger partial charge in [0.2, 0.25) is 17.7 Å². The van der Waals surface area contributed by atoms with Crippen molar-refractivity contribution in [3.63, 3.8) is 0 Å². The van der Waals surface area contributed by atoms with Gasteiger partial charge >= 0.3 is 0 Å². The molecule has 0 spiro atoms. The van der Waals surface area contributed by atoms with Gasteiger partial charge in [0, 0.05) is 31.2 Å². The summed E-state index contributed by atoms with van der Waals surface area (Å²) >= 11 is 6.39. The minimum absolute atomic E-state index is 0.0312. The molecular weight excluding hydrogens is 368 g/mol. The van der Waals surface area contributed by atoms with Crippen LogP contribution in [0.25, 0.3) is 0 Å². The number of halogens is 1. The maximum Gasteiger partial charge on any atom is 0.247 e. The third-order valence-corrected chi connectivity index (χ3v) is 5.66. The fourth-order valence-electron chi connectivity index (χ4n) is 3.78. The van der Waals surface area contributed by atoms with Crippen LogP contribution in [0.3, 0.4) is 0 Å². The number of likely N-dealkylation sites (tertiary alicyclic amines) is 1. The van der Waals surface area contributed by atoms with E-state index in [1.807, 2.05) is 11.0 Å². The summed E-state index contributed by atoms with van der Waals surface area (Å²) in [7, 11) is 0. The number of amides is 3. The molecule has 1 unspecified atom stereocenters. The fourth-order valence-corrected chi connectivity index (χ4v) is 4.08. The van der Waals surface area contributed by atoms with Crippen molar-refractivity contribution in [1.29, 1.82) is 0 Å². The molecule has 1 aromatic rings. The Labute approximate surface area is 163 Å². The third-order valence-electron chi connectivity index (χ3n) is 5.36. The number of nitrogens with one attached hydrogen (secondary N) is 2. The molecule has 3 amide bonds. The highest BCUT2D eigenvalue weighted by molar-refractivity contribution is 6.33. The van der Waals surface area contributed by atoms with Crippen molar-refractivity contribution < 1.29 is 14.4 Å². The summed E-state index contributed by atoms with van der Waals surface area (Å²) in [5.41, 5.74) is 1.37.